The summed E-state index contributed by atoms with van der Waals surface area (Å²) in [6.07, 6.45) is 5.92. The standard InChI is InChI=1S/C11H18N4O.2ClH/c1-10-8-15(7-4-13-10)11(16)2-5-14-6-3-12-9-14;;/h3,6,9-10,13H,2,4-5,7-8H2,1H3;2*1H/t10-;;/m1../s1. The molecule has 0 bridgehead atoms. The van der Waals surface area contributed by atoms with Crippen molar-refractivity contribution in [3.8, 4) is 0 Å². The summed E-state index contributed by atoms with van der Waals surface area (Å²) in [5.74, 6) is 0.238. The number of hydrogen-bond donors (Lipinski definition) is 1. The van der Waals surface area contributed by atoms with Crippen molar-refractivity contribution in [1.82, 2.24) is 19.8 Å². The van der Waals surface area contributed by atoms with E-state index in [1.54, 1.807) is 12.5 Å². The lowest BCUT2D eigenvalue weighted by Crippen LogP contribution is -2.51. The minimum atomic E-state index is 0. The molecule has 1 saturated heterocycles. The molecule has 1 aliphatic heterocycles. The van der Waals surface area contributed by atoms with Gasteiger partial charge in [0, 0.05) is 51.0 Å². The fourth-order valence-corrected chi connectivity index (χ4v) is 1.96. The second kappa shape index (κ2) is 8.34. The molecule has 0 aromatic carbocycles. The summed E-state index contributed by atoms with van der Waals surface area (Å²) >= 11 is 0. The zero-order chi connectivity index (χ0) is 11.4. The van der Waals surface area contributed by atoms with Crippen molar-refractivity contribution in [2.45, 2.75) is 25.9 Å². The van der Waals surface area contributed by atoms with Crippen LogP contribution in [0.15, 0.2) is 18.7 Å². The predicted octanol–water partition coefficient (Wildman–Crippen LogP) is 0.937. The van der Waals surface area contributed by atoms with E-state index >= 15 is 0 Å². The Balaban J connectivity index is 0.00000144. The fraction of sp³-hybridized carbons (Fsp3) is 0.636. The van der Waals surface area contributed by atoms with Crippen molar-refractivity contribution in [2.24, 2.45) is 0 Å². The summed E-state index contributed by atoms with van der Waals surface area (Å²) in [5.41, 5.74) is 0. The van der Waals surface area contributed by atoms with Crippen LogP contribution in [0.25, 0.3) is 0 Å². The number of aryl methyl sites for hydroxylation is 1. The maximum Gasteiger partial charge on any atom is 0.224 e. The van der Waals surface area contributed by atoms with Gasteiger partial charge < -0.3 is 14.8 Å². The molecular formula is C11H20Cl2N4O. The van der Waals surface area contributed by atoms with E-state index in [9.17, 15) is 4.79 Å². The van der Waals surface area contributed by atoms with E-state index in [0.717, 1.165) is 26.2 Å². The molecule has 1 N–H and O–H groups in total. The number of halogens is 2. The number of imidazole rings is 1. The molecule has 104 valence electrons. The molecular weight excluding hydrogens is 275 g/mol. The third kappa shape index (κ3) is 4.84. The van der Waals surface area contributed by atoms with Crippen LogP contribution < -0.4 is 5.32 Å². The first-order chi connectivity index (χ1) is 7.75. The molecule has 0 saturated carbocycles. The van der Waals surface area contributed by atoms with Crippen molar-refractivity contribution in [3.63, 3.8) is 0 Å². The van der Waals surface area contributed by atoms with Crippen LogP contribution in [0, 0.1) is 0 Å². The summed E-state index contributed by atoms with van der Waals surface area (Å²) in [7, 11) is 0. The highest BCUT2D eigenvalue weighted by molar-refractivity contribution is 5.85. The van der Waals surface area contributed by atoms with Crippen molar-refractivity contribution in [1.29, 1.82) is 0 Å². The number of aromatic nitrogens is 2. The lowest BCUT2D eigenvalue weighted by molar-refractivity contribution is -0.132. The van der Waals surface area contributed by atoms with Crippen molar-refractivity contribution < 1.29 is 4.79 Å². The third-order valence-corrected chi connectivity index (χ3v) is 2.86. The number of piperazine rings is 1. The molecule has 18 heavy (non-hydrogen) atoms. The summed E-state index contributed by atoms with van der Waals surface area (Å²) in [4.78, 5) is 17.8. The molecule has 5 nitrogen and oxygen atoms in total. The largest absolute Gasteiger partial charge is 0.340 e. The van der Waals surface area contributed by atoms with Gasteiger partial charge in [-0.05, 0) is 6.92 Å². The first kappa shape index (κ1) is 17.2. The average Bonchev–Trinajstić information content (AvgIpc) is 2.78. The fourth-order valence-electron chi connectivity index (χ4n) is 1.96. The lowest BCUT2D eigenvalue weighted by Gasteiger charge is -2.32. The molecule has 1 aromatic rings. The molecule has 0 spiro atoms. The van der Waals surface area contributed by atoms with E-state index in [-0.39, 0.29) is 30.7 Å². The van der Waals surface area contributed by atoms with E-state index in [0.29, 0.717) is 12.5 Å². The van der Waals surface area contributed by atoms with Crippen LogP contribution in [0.3, 0.4) is 0 Å². The maximum atomic E-state index is 11.9. The minimum Gasteiger partial charge on any atom is -0.340 e. The Morgan fingerprint density at radius 2 is 2.28 bits per heavy atom. The summed E-state index contributed by atoms with van der Waals surface area (Å²) < 4.78 is 1.93. The Morgan fingerprint density at radius 1 is 1.50 bits per heavy atom. The molecule has 2 rings (SSSR count). The van der Waals surface area contributed by atoms with Crippen LogP contribution in [0.4, 0.5) is 0 Å². The zero-order valence-electron chi connectivity index (χ0n) is 10.4. The minimum absolute atomic E-state index is 0. The van der Waals surface area contributed by atoms with Gasteiger partial charge in [-0.1, -0.05) is 0 Å². The molecule has 1 aromatic heterocycles. The molecule has 0 unspecified atom stereocenters. The molecule has 1 atom stereocenters. The maximum absolute atomic E-state index is 11.9. The Hall–Kier alpha value is -0.780. The predicted molar refractivity (Wildman–Crippen MR) is 75.4 cm³/mol. The smallest absolute Gasteiger partial charge is 0.224 e. The molecule has 1 amide bonds. The van der Waals surface area contributed by atoms with Gasteiger partial charge in [-0.3, -0.25) is 4.79 Å². The van der Waals surface area contributed by atoms with Crippen LogP contribution in [0.5, 0.6) is 0 Å². The zero-order valence-corrected chi connectivity index (χ0v) is 12.0. The highest BCUT2D eigenvalue weighted by Crippen LogP contribution is 2.02. The van der Waals surface area contributed by atoms with Crippen molar-refractivity contribution in [2.75, 3.05) is 19.6 Å². The number of nitrogens with zero attached hydrogens (tertiary/aromatic N) is 3. The van der Waals surface area contributed by atoms with Crippen LogP contribution in [0.2, 0.25) is 0 Å². The molecule has 1 aliphatic rings. The second-order valence-electron chi connectivity index (χ2n) is 4.25. The quantitative estimate of drug-likeness (QED) is 0.903. The van der Waals surface area contributed by atoms with E-state index in [1.165, 1.54) is 0 Å². The van der Waals surface area contributed by atoms with Crippen LogP contribution >= 0.6 is 24.8 Å². The van der Waals surface area contributed by atoms with Crippen LogP contribution in [-0.4, -0.2) is 46.0 Å². The first-order valence-electron chi connectivity index (χ1n) is 5.72. The Morgan fingerprint density at radius 3 is 2.89 bits per heavy atom. The molecule has 7 heteroatoms. The van der Waals surface area contributed by atoms with Crippen molar-refractivity contribution >= 4 is 30.7 Å². The number of amides is 1. The normalized spacial score (nSPS) is 18.7. The number of hydrogen-bond acceptors (Lipinski definition) is 3. The van der Waals surface area contributed by atoms with E-state index in [2.05, 4.69) is 17.2 Å². The van der Waals surface area contributed by atoms with E-state index in [1.807, 2.05) is 15.7 Å². The molecule has 2 heterocycles. The van der Waals surface area contributed by atoms with Crippen molar-refractivity contribution in [3.05, 3.63) is 18.7 Å². The SMILES string of the molecule is C[C@@H]1CN(C(=O)CCn2ccnc2)CCN1.Cl.Cl. The monoisotopic (exact) mass is 294 g/mol. The van der Waals surface area contributed by atoms with Gasteiger partial charge in [-0.15, -0.1) is 24.8 Å². The number of rotatable bonds is 3. The molecule has 1 fully saturated rings. The number of nitrogens with one attached hydrogen (secondary N) is 1. The van der Waals surface area contributed by atoms with Gasteiger partial charge in [0.1, 0.15) is 0 Å². The summed E-state index contributed by atoms with van der Waals surface area (Å²) in [6.45, 7) is 5.38. The number of carbonyl (C=O) groups excluding carboxylic acids is 1. The lowest BCUT2D eigenvalue weighted by atomic mass is 10.2. The van der Waals surface area contributed by atoms with Gasteiger partial charge in [0.25, 0.3) is 0 Å². The van der Waals surface area contributed by atoms with Gasteiger partial charge >= 0.3 is 0 Å². The van der Waals surface area contributed by atoms with Crippen LogP contribution in [0.1, 0.15) is 13.3 Å². The van der Waals surface area contributed by atoms with Gasteiger partial charge in [0.05, 0.1) is 6.33 Å². The number of carbonyl (C=O) groups is 1. The topological polar surface area (TPSA) is 50.2 Å². The molecule has 0 radical (unpaired) electrons. The van der Waals surface area contributed by atoms with E-state index in [4.69, 9.17) is 0 Å². The highest BCUT2D eigenvalue weighted by Gasteiger charge is 2.19. The van der Waals surface area contributed by atoms with Gasteiger partial charge in [-0.2, -0.15) is 0 Å². The second-order valence-corrected chi connectivity index (χ2v) is 4.25. The molecule has 0 aliphatic carbocycles. The summed E-state index contributed by atoms with van der Waals surface area (Å²) in [6, 6.07) is 0.408. The Kier molecular flexibility index (Phi) is 7.98. The average molecular weight is 295 g/mol. The summed E-state index contributed by atoms with van der Waals surface area (Å²) in [5, 5.41) is 3.33. The highest BCUT2D eigenvalue weighted by atomic mass is 35.5. The third-order valence-electron chi connectivity index (χ3n) is 2.86. The van der Waals surface area contributed by atoms with Crippen LogP contribution in [-0.2, 0) is 11.3 Å². The van der Waals surface area contributed by atoms with Gasteiger partial charge in [0.2, 0.25) is 5.91 Å². The Bertz CT molecular complexity index is 345. The Labute approximate surface area is 120 Å². The van der Waals surface area contributed by atoms with E-state index < -0.39 is 0 Å². The first-order valence-corrected chi connectivity index (χ1v) is 5.72. The van der Waals surface area contributed by atoms with Gasteiger partial charge in [0.15, 0.2) is 0 Å². The van der Waals surface area contributed by atoms with Gasteiger partial charge in [-0.25, -0.2) is 4.98 Å².